The number of anilines is 2. The van der Waals surface area contributed by atoms with E-state index in [1.807, 2.05) is 0 Å². The van der Waals surface area contributed by atoms with Crippen molar-refractivity contribution >= 4 is 23.2 Å². The molecule has 0 spiro atoms. The Kier molecular flexibility index (Phi) is 6.49. The van der Waals surface area contributed by atoms with E-state index in [4.69, 9.17) is 9.47 Å². The fraction of sp³-hybridized carbons (Fsp3) is 0.333. The third kappa shape index (κ3) is 5.65. The van der Waals surface area contributed by atoms with Gasteiger partial charge in [0.05, 0.1) is 17.9 Å². The Balaban J connectivity index is 1.68. The predicted octanol–water partition coefficient (Wildman–Crippen LogP) is 4.47. The van der Waals surface area contributed by atoms with Gasteiger partial charge in [-0.25, -0.2) is 0 Å². The molecule has 0 aromatic heterocycles. The Morgan fingerprint density at radius 1 is 1.03 bits per heavy atom. The van der Waals surface area contributed by atoms with E-state index in [9.17, 15) is 22.8 Å². The second-order valence-electron chi connectivity index (χ2n) is 6.74. The molecule has 30 heavy (non-hydrogen) atoms. The highest BCUT2D eigenvalue weighted by Gasteiger charge is 2.35. The van der Waals surface area contributed by atoms with Crippen LogP contribution in [-0.2, 0) is 15.8 Å². The van der Waals surface area contributed by atoms with Crippen LogP contribution >= 0.6 is 0 Å². The van der Waals surface area contributed by atoms with Gasteiger partial charge >= 0.3 is 6.18 Å². The number of rotatable bonds is 8. The molecule has 2 aromatic carbocycles. The molecule has 160 valence electrons. The van der Waals surface area contributed by atoms with Gasteiger partial charge < -0.3 is 20.1 Å². The van der Waals surface area contributed by atoms with Crippen molar-refractivity contribution in [3.8, 4) is 11.5 Å². The van der Waals surface area contributed by atoms with E-state index in [0.29, 0.717) is 18.1 Å². The summed E-state index contributed by atoms with van der Waals surface area (Å²) >= 11 is 0. The highest BCUT2D eigenvalue weighted by atomic mass is 19.4. The first-order valence-corrected chi connectivity index (χ1v) is 9.44. The van der Waals surface area contributed by atoms with Gasteiger partial charge in [0.25, 0.3) is 5.91 Å². The van der Waals surface area contributed by atoms with Crippen LogP contribution < -0.4 is 20.1 Å². The van der Waals surface area contributed by atoms with E-state index >= 15 is 0 Å². The molecule has 6 nitrogen and oxygen atoms in total. The van der Waals surface area contributed by atoms with E-state index in [1.165, 1.54) is 6.07 Å². The smallest absolute Gasteiger partial charge is 0.418 e. The zero-order valence-electron chi connectivity index (χ0n) is 16.2. The van der Waals surface area contributed by atoms with Crippen molar-refractivity contribution < 1.29 is 32.2 Å². The van der Waals surface area contributed by atoms with Crippen molar-refractivity contribution in [2.75, 3.05) is 23.8 Å². The Morgan fingerprint density at radius 2 is 1.70 bits per heavy atom. The predicted molar refractivity (Wildman–Crippen MR) is 105 cm³/mol. The van der Waals surface area contributed by atoms with Crippen LogP contribution in [0.1, 0.15) is 25.3 Å². The highest BCUT2D eigenvalue weighted by Crippen LogP contribution is 2.37. The first-order valence-electron chi connectivity index (χ1n) is 9.44. The van der Waals surface area contributed by atoms with Gasteiger partial charge in [-0.05, 0) is 50.1 Å². The summed E-state index contributed by atoms with van der Waals surface area (Å²) in [5.74, 6) is -0.471. The quantitative estimate of drug-likeness (QED) is 0.658. The number of para-hydroxylation sites is 2. The molecule has 1 saturated carbocycles. The third-order valence-electron chi connectivity index (χ3n) is 4.32. The molecule has 9 heteroatoms. The average molecular weight is 422 g/mol. The Labute approximate surface area is 171 Å². The van der Waals surface area contributed by atoms with Gasteiger partial charge in [0.1, 0.15) is 0 Å². The van der Waals surface area contributed by atoms with Crippen LogP contribution in [0.5, 0.6) is 11.5 Å². The lowest BCUT2D eigenvalue weighted by Gasteiger charge is -2.16. The minimum absolute atomic E-state index is 0.0270. The van der Waals surface area contributed by atoms with E-state index in [0.717, 1.165) is 25.0 Å². The SMILES string of the molecule is CCOc1ccccc1OCC(=O)Nc1ccc(NC(=O)C2CC2)cc1C(F)(F)F. The van der Waals surface area contributed by atoms with Crippen molar-refractivity contribution in [1.29, 1.82) is 0 Å². The summed E-state index contributed by atoms with van der Waals surface area (Å²) in [6.07, 6.45) is -3.25. The van der Waals surface area contributed by atoms with Gasteiger partial charge in [-0.3, -0.25) is 9.59 Å². The summed E-state index contributed by atoms with van der Waals surface area (Å²) in [6.45, 7) is 1.69. The molecule has 0 radical (unpaired) electrons. The molecule has 0 saturated heterocycles. The largest absolute Gasteiger partial charge is 0.490 e. The number of ether oxygens (including phenoxy) is 2. The third-order valence-corrected chi connectivity index (χ3v) is 4.32. The Bertz CT molecular complexity index is 927. The number of hydrogen-bond acceptors (Lipinski definition) is 4. The summed E-state index contributed by atoms with van der Waals surface area (Å²) in [7, 11) is 0. The molecule has 0 bridgehead atoms. The van der Waals surface area contributed by atoms with E-state index in [-0.39, 0.29) is 17.5 Å². The lowest BCUT2D eigenvalue weighted by molar-refractivity contribution is -0.137. The summed E-state index contributed by atoms with van der Waals surface area (Å²) in [4.78, 5) is 24.0. The summed E-state index contributed by atoms with van der Waals surface area (Å²) in [5, 5.41) is 4.69. The fourth-order valence-corrected chi connectivity index (χ4v) is 2.73. The molecule has 2 N–H and O–H groups in total. The molecular formula is C21H21F3N2O4. The lowest BCUT2D eigenvalue weighted by atomic mass is 10.1. The topological polar surface area (TPSA) is 76.7 Å². The number of carbonyl (C=O) groups excluding carboxylic acids is 2. The van der Waals surface area contributed by atoms with E-state index < -0.39 is 29.9 Å². The van der Waals surface area contributed by atoms with Crippen LogP contribution in [0.2, 0.25) is 0 Å². The van der Waals surface area contributed by atoms with E-state index in [1.54, 1.807) is 31.2 Å². The molecule has 2 aromatic rings. The summed E-state index contributed by atoms with van der Waals surface area (Å²) in [5.41, 5.74) is -1.45. The molecule has 0 atom stereocenters. The maximum atomic E-state index is 13.5. The van der Waals surface area contributed by atoms with E-state index in [2.05, 4.69) is 10.6 Å². The van der Waals surface area contributed by atoms with Gasteiger partial charge in [-0.15, -0.1) is 0 Å². The lowest BCUT2D eigenvalue weighted by Crippen LogP contribution is -2.23. The molecule has 0 heterocycles. The number of halogens is 3. The zero-order valence-corrected chi connectivity index (χ0v) is 16.2. The second-order valence-corrected chi connectivity index (χ2v) is 6.74. The van der Waals surface area contributed by atoms with Crippen LogP contribution in [0.4, 0.5) is 24.5 Å². The summed E-state index contributed by atoms with van der Waals surface area (Å²) < 4.78 is 51.2. The Morgan fingerprint density at radius 3 is 2.30 bits per heavy atom. The number of hydrogen-bond donors (Lipinski definition) is 2. The van der Waals surface area contributed by atoms with Crippen molar-refractivity contribution in [2.24, 2.45) is 5.92 Å². The van der Waals surface area contributed by atoms with Crippen LogP contribution in [0.25, 0.3) is 0 Å². The Hall–Kier alpha value is -3.23. The molecule has 1 fully saturated rings. The molecule has 1 aliphatic rings. The fourth-order valence-electron chi connectivity index (χ4n) is 2.73. The number of nitrogens with one attached hydrogen (secondary N) is 2. The van der Waals surface area contributed by atoms with Gasteiger partial charge in [0.2, 0.25) is 5.91 Å². The van der Waals surface area contributed by atoms with Crippen LogP contribution in [-0.4, -0.2) is 25.0 Å². The molecule has 0 unspecified atom stereocenters. The monoisotopic (exact) mass is 422 g/mol. The first kappa shape index (κ1) is 21.5. The van der Waals surface area contributed by atoms with Crippen molar-refractivity contribution in [3.05, 3.63) is 48.0 Å². The van der Waals surface area contributed by atoms with Crippen molar-refractivity contribution in [3.63, 3.8) is 0 Å². The standard InChI is InChI=1S/C21H21F3N2O4/c1-2-29-17-5-3-4-6-18(17)30-12-19(27)26-16-10-9-14(11-15(16)21(22,23)24)25-20(28)13-7-8-13/h3-6,9-11,13H,2,7-8,12H2,1H3,(H,25,28)(H,26,27). The van der Waals surface area contributed by atoms with Crippen LogP contribution in [0, 0.1) is 5.92 Å². The van der Waals surface area contributed by atoms with Crippen molar-refractivity contribution in [1.82, 2.24) is 0 Å². The van der Waals surface area contributed by atoms with Gasteiger partial charge in [-0.2, -0.15) is 13.2 Å². The molecule has 2 amide bonds. The molecular weight excluding hydrogens is 401 g/mol. The maximum absolute atomic E-state index is 13.5. The van der Waals surface area contributed by atoms with Gasteiger partial charge in [-0.1, -0.05) is 12.1 Å². The first-order chi connectivity index (χ1) is 14.3. The number of benzene rings is 2. The minimum Gasteiger partial charge on any atom is -0.490 e. The number of alkyl halides is 3. The molecule has 1 aliphatic carbocycles. The second kappa shape index (κ2) is 9.06. The van der Waals surface area contributed by atoms with Gasteiger partial charge in [0.15, 0.2) is 18.1 Å². The molecule has 0 aliphatic heterocycles. The normalized spacial score (nSPS) is 13.5. The van der Waals surface area contributed by atoms with Crippen LogP contribution in [0.3, 0.4) is 0 Å². The van der Waals surface area contributed by atoms with Crippen molar-refractivity contribution in [2.45, 2.75) is 25.9 Å². The number of carbonyl (C=O) groups is 2. The average Bonchev–Trinajstić information content (AvgIpc) is 3.53. The van der Waals surface area contributed by atoms with Crippen LogP contribution in [0.15, 0.2) is 42.5 Å². The number of amides is 2. The molecule has 3 rings (SSSR count). The summed E-state index contributed by atoms with van der Waals surface area (Å²) in [6, 6.07) is 9.90. The van der Waals surface area contributed by atoms with Gasteiger partial charge in [0, 0.05) is 11.6 Å². The highest BCUT2D eigenvalue weighted by molar-refractivity contribution is 5.96. The maximum Gasteiger partial charge on any atom is 0.418 e. The minimum atomic E-state index is -4.72. The zero-order chi connectivity index (χ0) is 21.7.